The molecule has 5 nitrogen and oxygen atoms in total. The number of hydrogen-bond donors (Lipinski definition) is 1. The Balaban J connectivity index is 1.86. The zero-order chi connectivity index (χ0) is 15.2. The molecule has 0 saturated carbocycles. The van der Waals surface area contributed by atoms with Crippen LogP contribution in [0.4, 0.5) is 0 Å². The molecule has 1 aliphatic rings. The highest BCUT2D eigenvalue weighted by Gasteiger charge is 2.31. The van der Waals surface area contributed by atoms with Gasteiger partial charge < -0.3 is 14.7 Å². The first-order chi connectivity index (χ1) is 10.1. The van der Waals surface area contributed by atoms with Gasteiger partial charge in [-0.05, 0) is 30.9 Å². The van der Waals surface area contributed by atoms with Crippen molar-refractivity contribution in [1.29, 1.82) is 0 Å². The van der Waals surface area contributed by atoms with Crippen LogP contribution in [0.5, 0.6) is 0 Å². The number of rotatable bonds is 5. The van der Waals surface area contributed by atoms with Crippen molar-refractivity contribution in [2.24, 2.45) is 0 Å². The van der Waals surface area contributed by atoms with Crippen LogP contribution in [0.3, 0.4) is 0 Å². The van der Waals surface area contributed by atoms with Crippen molar-refractivity contribution in [2.45, 2.75) is 31.9 Å². The van der Waals surface area contributed by atoms with Crippen molar-refractivity contribution in [2.75, 3.05) is 13.2 Å². The molecular formula is C15H18ClNO4. The molecule has 1 aliphatic heterocycles. The van der Waals surface area contributed by atoms with E-state index in [1.165, 1.54) is 4.90 Å². The van der Waals surface area contributed by atoms with Crippen molar-refractivity contribution in [1.82, 2.24) is 4.90 Å². The Morgan fingerprint density at radius 3 is 2.81 bits per heavy atom. The SMILES string of the molecule is O=C(O)[C@H]1CCCCN1C(=O)COCc1ccccc1Cl. The number of piperidine rings is 1. The van der Waals surface area contributed by atoms with Crippen LogP contribution in [0.25, 0.3) is 0 Å². The predicted octanol–water partition coefficient (Wildman–Crippen LogP) is 2.32. The van der Waals surface area contributed by atoms with Gasteiger partial charge in [0.2, 0.25) is 5.91 Å². The minimum atomic E-state index is -0.950. The zero-order valence-electron chi connectivity index (χ0n) is 11.6. The third-order valence-corrected chi connectivity index (χ3v) is 3.92. The van der Waals surface area contributed by atoms with E-state index in [1.807, 2.05) is 18.2 Å². The van der Waals surface area contributed by atoms with Gasteiger partial charge in [-0.3, -0.25) is 4.79 Å². The predicted molar refractivity (Wildman–Crippen MR) is 78.1 cm³/mol. The molecule has 114 valence electrons. The molecule has 0 aromatic heterocycles. The molecule has 1 aromatic rings. The number of benzene rings is 1. The Bertz CT molecular complexity index is 520. The van der Waals surface area contributed by atoms with E-state index in [0.717, 1.165) is 18.4 Å². The zero-order valence-corrected chi connectivity index (χ0v) is 12.4. The van der Waals surface area contributed by atoms with Crippen molar-refractivity contribution in [3.05, 3.63) is 34.9 Å². The quantitative estimate of drug-likeness (QED) is 0.906. The van der Waals surface area contributed by atoms with Crippen molar-refractivity contribution < 1.29 is 19.4 Å². The Morgan fingerprint density at radius 2 is 2.10 bits per heavy atom. The number of hydrogen-bond acceptors (Lipinski definition) is 3. The first-order valence-corrected chi connectivity index (χ1v) is 7.31. The van der Waals surface area contributed by atoms with Crippen LogP contribution >= 0.6 is 11.6 Å². The van der Waals surface area contributed by atoms with Crippen LogP contribution in [-0.4, -0.2) is 41.1 Å². The summed E-state index contributed by atoms with van der Waals surface area (Å²) < 4.78 is 5.38. The summed E-state index contributed by atoms with van der Waals surface area (Å²) >= 11 is 6.00. The molecule has 6 heteroatoms. The summed E-state index contributed by atoms with van der Waals surface area (Å²) in [6.07, 6.45) is 2.17. The van der Waals surface area contributed by atoms with Crippen LogP contribution < -0.4 is 0 Å². The average molecular weight is 312 g/mol. The number of nitrogens with zero attached hydrogens (tertiary/aromatic N) is 1. The Kier molecular flexibility index (Phi) is 5.59. The van der Waals surface area contributed by atoms with Crippen molar-refractivity contribution in [3.8, 4) is 0 Å². The monoisotopic (exact) mass is 311 g/mol. The standard InChI is InChI=1S/C15H18ClNO4/c16-12-6-2-1-5-11(12)9-21-10-14(18)17-8-4-3-7-13(17)15(19)20/h1-2,5-6,13H,3-4,7-10H2,(H,19,20)/t13-/m1/s1. The highest BCUT2D eigenvalue weighted by molar-refractivity contribution is 6.31. The summed E-state index contributed by atoms with van der Waals surface area (Å²) in [5, 5.41) is 9.73. The first kappa shape index (κ1) is 15.8. The molecule has 1 saturated heterocycles. The molecule has 1 N–H and O–H groups in total. The lowest BCUT2D eigenvalue weighted by Gasteiger charge is -2.32. The molecule has 2 rings (SSSR count). The maximum absolute atomic E-state index is 12.1. The molecule has 1 fully saturated rings. The van der Waals surface area contributed by atoms with E-state index < -0.39 is 12.0 Å². The number of carbonyl (C=O) groups is 2. The topological polar surface area (TPSA) is 66.8 Å². The van der Waals surface area contributed by atoms with E-state index in [-0.39, 0.29) is 19.1 Å². The van der Waals surface area contributed by atoms with Gasteiger partial charge in [0.25, 0.3) is 0 Å². The van der Waals surface area contributed by atoms with Gasteiger partial charge in [-0.15, -0.1) is 0 Å². The van der Waals surface area contributed by atoms with Crippen LogP contribution in [0.2, 0.25) is 5.02 Å². The van der Waals surface area contributed by atoms with E-state index in [1.54, 1.807) is 6.07 Å². The molecular weight excluding hydrogens is 294 g/mol. The summed E-state index contributed by atoms with van der Waals surface area (Å²) in [6, 6.07) is 6.52. The van der Waals surface area contributed by atoms with Gasteiger partial charge in [0.05, 0.1) is 6.61 Å². The minimum absolute atomic E-state index is 0.130. The Labute approximate surface area is 128 Å². The highest BCUT2D eigenvalue weighted by atomic mass is 35.5. The molecule has 0 radical (unpaired) electrons. The number of likely N-dealkylation sites (tertiary alicyclic amines) is 1. The average Bonchev–Trinajstić information content (AvgIpc) is 2.49. The first-order valence-electron chi connectivity index (χ1n) is 6.93. The lowest BCUT2D eigenvalue weighted by Crippen LogP contribution is -2.49. The van der Waals surface area contributed by atoms with Gasteiger partial charge in [0, 0.05) is 11.6 Å². The van der Waals surface area contributed by atoms with Crippen molar-refractivity contribution >= 4 is 23.5 Å². The lowest BCUT2D eigenvalue weighted by atomic mass is 10.0. The second-order valence-electron chi connectivity index (χ2n) is 5.02. The molecule has 0 spiro atoms. The van der Waals surface area contributed by atoms with Gasteiger partial charge >= 0.3 is 5.97 Å². The minimum Gasteiger partial charge on any atom is -0.480 e. The van der Waals surface area contributed by atoms with E-state index in [0.29, 0.717) is 18.0 Å². The normalized spacial score (nSPS) is 18.5. The summed E-state index contributed by atoms with van der Waals surface area (Å²) in [5.41, 5.74) is 0.806. The molecule has 21 heavy (non-hydrogen) atoms. The smallest absolute Gasteiger partial charge is 0.326 e. The number of amides is 1. The van der Waals surface area contributed by atoms with Crippen molar-refractivity contribution in [3.63, 3.8) is 0 Å². The van der Waals surface area contributed by atoms with E-state index >= 15 is 0 Å². The number of carboxylic acid groups (broad SMARTS) is 1. The third-order valence-electron chi connectivity index (χ3n) is 3.55. The summed E-state index contributed by atoms with van der Waals surface area (Å²) in [7, 11) is 0. The maximum atomic E-state index is 12.1. The molecule has 0 unspecified atom stereocenters. The largest absolute Gasteiger partial charge is 0.480 e. The van der Waals surface area contributed by atoms with Crippen LogP contribution in [-0.2, 0) is 20.9 Å². The number of aliphatic carboxylic acids is 1. The fourth-order valence-corrected chi connectivity index (χ4v) is 2.62. The number of carbonyl (C=O) groups excluding carboxylic acids is 1. The summed E-state index contributed by atoms with van der Waals surface area (Å²) in [5.74, 6) is -1.23. The van der Waals surface area contributed by atoms with E-state index in [2.05, 4.69) is 0 Å². The van der Waals surface area contributed by atoms with Gasteiger partial charge in [-0.1, -0.05) is 29.8 Å². The van der Waals surface area contributed by atoms with E-state index in [4.69, 9.17) is 21.4 Å². The van der Waals surface area contributed by atoms with Crippen LogP contribution in [0.1, 0.15) is 24.8 Å². The fourth-order valence-electron chi connectivity index (χ4n) is 2.43. The van der Waals surface area contributed by atoms with Gasteiger partial charge in [0.1, 0.15) is 12.6 Å². The molecule has 0 bridgehead atoms. The summed E-state index contributed by atoms with van der Waals surface area (Å²) in [6.45, 7) is 0.581. The molecule has 1 aromatic carbocycles. The number of halogens is 1. The highest BCUT2D eigenvalue weighted by Crippen LogP contribution is 2.18. The van der Waals surface area contributed by atoms with E-state index in [9.17, 15) is 9.59 Å². The maximum Gasteiger partial charge on any atom is 0.326 e. The third kappa shape index (κ3) is 4.19. The molecule has 1 heterocycles. The van der Waals surface area contributed by atoms with Gasteiger partial charge in [-0.25, -0.2) is 4.79 Å². The molecule has 0 aliphatic carbocycles. The Hall–Kier alpha value is -1.59. The van der Waals surface area contributed by atoms with Crippen LogP contribution in [0, 0.1) is 0 Å². The number of ether oxygens (including phenoxy) is 1. The Morgan fingerprint density at radius 1 is 1.33 bits per heavy atom. The van der Waals surface area contributed by atoms with Gasteiger partial charge in [0.15, 0.2) is 0 Å². The second kappa shape index (κ2) is 7.43. The lowest BCUT2D eigenvalue weighted by molar-refractivity contribution is -0.154. The molecule has 1 amide bonds. The van der Waals surface area contributed by atoms with Crippen LogP contribution in [0.15, 0.2) is 24.3 Å². The van der Waals surface area contributed by atoms with Gasteiger partial charge in [-0.2, -0.15) is 0 Å². The second-order valence-corrected chi connectivity index (χ2v) is 5.43. The number of carboxylic acids is 1. The molecule has 1 atom stereocenters. The summed E-state index contributed by atoms with van der Waals surface area (Å²) in [4.78, 5) is 24.7. The fraction of sp³-hybridized carbons (Fsp3) is 0.467.